The van der Waals surface area contributed by atoms with Gasteiger partial charge in [0.25, 0.3) is 0 Å². The minimum absolute atomic E-state index is 0.333. The third kappa shape index (κ3) is 2.08. The van der Waals surface area contributed by atoms with Crippen LogP contribution in [-0.4, -0.2) is 9.78 Å². The Bertz CT molecular complexity index is 773. The maximum Gasteiger partial charge on any atom is 0.194 e. The molecule has 1 aromatic carbocycles. The van der Waals surface area contributed by atoms with E-state index in [4.69, 9.17) is 21.8 Å². The van der Waals surface area contributed by atoms with Crippen molar-refractivity contribution in [3.8, 4) is 22.6 Å². The van der Waals surface area contributed by atoms with Gasteiger partial charge in [-0.25, -0.2) is 0 Å². The topological polar surface area (TPSA) is 57.0 Å². The number of aromatic nitrogens is 2. The fourth-order valence-corrected chi connectivity index (χ4v) is 2.38. The largest absolute Gasteiger partial charge is 0.443 e. The molecule has 102 valence electrons. The third-order valence-corrected chi connectivity index (χ3v) is 3.41. The van der Waals surface area contributed by atoms with E-state index in [9.17, 15) is 0 Å². The van der Waals surface area contributed by atoms with E-state index in [1.54, 1.807) is 16.8 Å². The molecule has 4 nitrogen and oxygen atoms in total. The van der Waals surface area contributed by atoms with Crippen molar-refractivity contribution in [2.45, 2.75) is 6.92 Å². The van der Waals surface area contributed by atoms with Crippen LogP contribution in [0.25, 0.3) is 22.6 Å². The monoisotopic (exact) mass is 287 g/mol. The first-order valence-electron chi connectivity index (χ1n) is 6.21. The van der Waals surface area contributed by atoms with Gasteiger partial charge in [-0.1, -0.05) is 29.8 Å². The molecule has 0 saturated carbocycles. The van der Waals surface area contributed by atoms with E-state index in [1.807, 2.05) is 32.2 Å². The number of halogens is 1. The average molecular weight is 288 g/mol. The molecule has 0 radical (unpaired) electrons. The van der Waals surface area contributed by atoms with Crippen LogP contribution < -0.4 is 5.73 Å². The fourth-order valence-electron chi connectivity index (χ4n) is 2.24. The van der Waals surface area contributed by atoms with Gasteiger partial charge in [0.1, 0.15) is 11.5 Å². The summed E-state index contributed by atoms with van der Waals surface area (Å²) in [6.45, 7) is 2.04. The van der Waals surface area contributed by atoms with Gasteiger partial charge in [-0.2, -0.15) is 5.10 Å². The van der Waals surface area contributed by atoms with E-state index in [0.717, 1.165) is 16.7 Å². The number of nitrogens with zero attached hydrogens (tertiary/aromatic N) is 2. The minimum atomic E-state index is 0.333. The number of benzene rings is 1. The Morgan fingerprint density at radius 2 is 2.05 bits per heavy atom. The van der Waals surface area contributed by atoms with Gasteiger partial charge in [0.05, 0.1) is 5.56 Å². The molecule has 0 unspecified atom stereocenters. The van der Waals surface area contributed by atoms with Crippen LogP contribution in [0.3, 0.4) is 0 Å². The van der Waals surface area contributed by atoms with Gasteiger partial charge >= 0.3 is 0 Å². The van der Waals surface area contributed by atoms with Crippen LogP contribution in [-0.2, 0) is 7.05 Å². The molecule has 0 amide bonds. The van der Waals surface area contributed by atoms with Gasteiger partial charge in [0, 0.05) is 7.05 Å². The molecule has 0 spiro atoms. The van der Waals surface area contributed by atoms with Crippen LogP contribution in [0, 0.1) is 6.92 Å². The van der Waals surface area contributed by atoms with Gasteiger partial charge < -0.3 is 10.2 Å². The molecule has 5 heteroatoms. The van der Waals surface area contributed by atoms with Crippen LogP contribution in [0.4, 0.5) is 5.82 Å². The molecular formula is C15H14ClN3O. The van der Waals surface area contributed by atoms with Gasteiger partial charge in [0.2, 0.25) is 0 Å². The number of rotatable bonds is 2. The van der Waals surface area contributed by atoms with Crippen molar-refractivity contribution in [2.75, 3.05) is 5.73 Å². The Morgan fingerprint density at radius 1 is 1.25 bits per heavy atom. The van der Waals surface area contributed by atoms with Crippen molar-refractivity contribution in [1.82, 2.24) is 9.78 Å². The normalized spacial score (nSPS) is 10.9. The van der Waals surface area contributed by atoms with Gasteiger partial charge in [-0.05, 0) is 36.2 Å². The Hall–Kier alpha value is -2.20. The van der Waals surface area contributed by atoms with E-state index in [1.165, 1.54) is 0 Å². The maximum atomic E-state index is 6.16. The second-order valence-corrected chi connectivity index (χ2v) is 5.08. The number of aryl methyl sites for hydroxylation is 2. The smallest absolute Gasteiger partial charge is 0.194 e. The van der Waals surface area contributed by atoms with Crippen LogP contribution >= 0.6 is 11.6 Å². The number of nitrogen functional groups attached to an aromatic ring is 1. The highest BCUT2D eigenvalue weighted by atomic mass is 35.5. The zero-order valence-corrected chi connectivity index (χ0v) is 12.0. The highest BCUT2D eigenvalue weighted by Crippen LogP contribution is 2.37. The van der Waals surface area contributed by atoms with Crippen molar-refractivity contribution in [3.05, 3.63) is 47.2 Å². The molecule has 3 aromatic rings. The van der Waals surface area contributed by atoms with E-state index < -0.39 is 0 Å². The molecule has 0 atom stereocenters. The molecule has 0 aliphatic carbocycles. The van der Waals surface area contributed by atoms with E-state index in [-0.39, 0.29) is 0 Å². The summed E-state index contributed by atoms with van der Waals surface area (Å²) < 4.78 is 7.11. The van der Waals surface area contributed by atoms with Gasteiger partial charge in [0.15, 0.2) is 11.0 Å². The van der Waals surface area contributed by atoms with Crippen molar-refractivity contribution < 1.29 is 4.42 Å². The summed E-state index contributed by atoms with van der Waals surface area (Å²) in [4.78, 5) is 0. The Labute approximate surface area is 121 Å². The third-order valence-electron chi connectivity index (χ3n) is 3.20. The lowest BCUT2D eigenvalue weighted by molar-refractivity contribution is 0.580. The van der Waals surface area contributed by atoms with Crippen molar-refractivity contribution in [1.29, 1.82) is 0 Å². The summed E-state index contributed by atoms with van der Waals surface area (Å²) in [6.07, 6.45) is 0. The fraction of sp³-hybridized carbons (Fsp3) is 0.133. The number of hydrogen-bond acceptors (Lipinski definition) is 3. The van der Waals surface area contributed by atoms with Crippen molar-refractivity contribution in [3.63, 3.8) is 0 Å². The molecule has 3 rings (SSSR count). The average Bonchev–Trinajstić information content (AvgIpc) is 2.95. The first-order valence-corrected chi connectivity index (χ1v) is 6.59. The first kappa shape index (κ1) is 12.8. The van der Waals surface area contributed by atoms with E-state index >= 15 is 0 Å². The zero-order chi connectivity index (χ0) is 14.3. The molecule has 0 aliphatic heterocycles. The maximum absolute atomic E-state index is 6.16. The molecule has 20 heavy (non-hydrogen) atoms. The minimum Gasteiger partial charge on any atom is -0.443 e. The summed E-state index contributed by atoms with van der Waals surface area (Å²) >= 11 is 5.85. The summed E-state index contributed by atoms with van der Waals surface area (Å²) in [7, 11) is 1.81. The quantitative estimate of drug-likeness (QED) is 0.778. The van der Waals surface area contributed by atoms with Crippen LogP contribution in [0.2, 0.25) is 5.22 Å². The molecule has 2 heterocycles. The molecule has 0 bridgehead atoms. The number of hydrogen-bond donors (Lipinski definition) is 1. The Balaban J connectivity index is 2.24. The van der Waals surface area contributed by atoms with Gasteiger partial charge in [-0.15, -0.1) is 0 Å². The highest BCUT2D eigenvalue weighted by molar-refractivity contribution is 6.29. The van der Waals surface area contributed by atoms with Crippen molar-refractivity contribution in [2.24, 2.45) is 7.05 Å². The molecular weight excluding hydrogens is 274 g/mol. The summed E-state index contributed by atoms with van der Waals surface area (Å²) in [5, 5.41) is 4.77. The molecule has 2 N–H and O–H groups in total. The first-order chi connectivity index (χ1) is 9.56. The second kappa shape index (κ2) is 4.72. The predicted octanol–water partition coefficient (Wildman–Crippen LogP) is 3.89. The molecule has 2 aromatic heterocycles. The number of nitrogens with two attached hydrogens (primary N) is 1. The predicted molar refractivity (Wildman–Crippen MR) is 80.5 cm³/mol. The number of furan rings is 1. The van der Waals surface area contributed by atoms with E-state index in [2.05, 4.69) is 11.2 Å². The SMILES string of the molecule is Cc1cccc(-c2c(-c3ccc(Cl)o3)nn(C)c2N)c1. The molecule has 0 aliphatic rings. The number of anilines is 1. The second-order valence-electron chi connectivity index (χ2n) is 4.71. The van der Waals surface area contributed by atoms with Crippen molar-refractivity contribution >= 4 is 17.4 Å². The lowest BCUT2D eigenvalue weighted by atomic mass is 10.0. The van der Waals surface area contributed by atoms with Gasteiger partial charge in [-0.3, -0.25) is 4.68 Å². The summed E-state index contributed by atoms with van der Waals surface area (Å²) in [6, 6.07) is 11.6. The lowest BCUT2D eigenvalue weighted by Crippen LogP contribution is -1.98. The molecule has 0 fully saturated rings. The molecule has 0 saturated heterocycles. The Kier molecular flexibility index (Phi) is 3.03. The van der Waals surface area contributed by atoms with Crippen LogP contribution in [0.15, 0.2) is 40.8 Å². The summed E-state index contributed by atoms with van der Waals surface area (Å²) in [5.74, 6) is 1.21. The van der Waals surface area contributed by atoms with Crippen LogP contribution in [0.1, 0.15) is 5.56 Å². The van der Waals surface area contributed by atoms with Crippen LogP contribution in [0.5, 0.6) is 0 Å². The zero-order valence-electron chi connectivity index (χ0n) is 11.2. The lowest BCUT2D eigenvalue weighted by Gasteiger charge is -2.04. The highest BCUT2D eigenvalue weighted by Gasteiger charge is 2.19. The summed E-state index contributed by atoms with van der Waals surface area (Å²) in [5.41, 5.74) is 9.89. The standard InChI is InChI=1S/C15H14ClN3O/c1-9-4-3-5-10(8-9)13-14(18-19(2)15(13)17)11-6-7-12(16)20-11/h3-8H,17H2,1-2H3. The van der Waals surface area contributed by atoms with E-state index in [0.29, 0.717) is 22.5 Å². The Morgan fingerprint density at radius 3 is 2.70 bits per heavy atom.